The van der Waals surface area contributed by atoms with E-state index in [1.54, 1.807) is 30.3 Å². The Morgan fingerprint density at radius 2 is 1.90 bits per heavy atom. The Hall–Kier alpha value is -2.38. The number of nitrogens with one attached hydrogen (secondary N) is 1. The summed E-state index contributed by atoms with van der Waals surface area (Å²) in [5, 5.41) is 11.9. The summed E-state index contributed by atoms with van der Waals surface area (Å²) in [5.74, 6) is -0.0787. The van der Waals surface area contributed by atoms with Crippen LogP contribution in [-0.2, 0) is 13.1 Å². The fourth-order valence-corrected chi connectivity index (χ4v) is 1.89. The molecule has 0 saturated heterocycles. The van der Waals surface area contributed by atoms with Gasteiger partial charge in [0.25, 0.3) is 0 Å². The summed E-state index contributed by atoms with van der Waals surface area (Å²) in [6, 6.07) is 14.5. The number of rotatable bonds is 5. The Labute approximate surface area is 117 Å². The summed E-state index contributed by atoms with van der Waals surface area (Å²) in [4.78, 5) is 0. The summed E-state index contributed by atoms with van der Waals surface area (Å²) in [7, 11) is 1.45. The maximum absolute atomic E-state index is 13.9. The molecule has 0 bridgehead atoms. The molecular formula is C16H15FN2O. The number of nitrogens with zero attached hydrogens (tertiary/aromatic N) is 1. The van der Waals surface area contributed by atoms with Gasteiger partial charge in [0.1, 0.15) is 0 Å². The van der Waals surface area contributed by atoms with Crippen LogP contribution < -0.4 is 10.1 Å². The van der Waals surface area contributed by atoms with Crippen molar-refractivity contribution in [3.05, 3.63) is 65.0 Å². The SMILES string of the molecule is COc1cccc(CNCc2ccc(C#N)cc2)c1F. The number of nitriles is 1. The molecule has 2 rings (SSSR count). The summed E-state index contributed by atoms with van der Waals surface area (Å²) in [6.45, 7) is 1.03. The minimum absolute atomic E-state index is 0.252. The Morgan fingerprint density at radius 3 is 2.55 bits per heavy atom. The second kappa shape index (κ2) is 6.69. The van der Waals surface area contributed by atoms with E-state index >= 15 is 0 Å². The summed E-state index contributed by atoms with van der Waals surface area (Å²) < 4.78 is 18.8. The normalized spacial score (nSPS) is 10.1. The quantitative estimate of drug-likeness (QED) is 0.908. The van der Waals surface area contributed by atoms with Crippen LogP contribution in [0, 0.1) is 17.1 Å². The summed E-state index contributed by atoms with van der Waals surface area (Å²) in [5.41, 5.74) is 2.25. The van der Waals surface area contributed by atoms with E-state index in [1.807, 2.05) is 12.1 Å². The average molecular weight is 270 g/mol. The van der Waals surface area contributed by atoms with Gasteiger partial charge in [-0.05, 0) is 23.8 Å². The molecule has 2 aromatic carbocycles. The van der Waals surface area contributed by atoms with E-state index in [-0.39, 0.29) is 11.6 Å². The van der Waals surface area contributed by atoms with Gasteiger partial charge in [-0.3, -0.25) is 0 Å². The zero-order valence-corrected chi connectivity index (χ0v) is 11.2. The third-order valence-electron chi connectivity index (χ3n) is 2.99. The molecule has 102 valence electrons. The highest BCUT2D eigenvalue weighted by atomic mass is 19.1. The Morgan fingerprint density at radius 1 is 1.15 bits per heavy atom. The zero-order valence-electron chi connectivity index (χ0n) is 11.2. The Bertz CT molecular complexity index is 617. The minimum atomic E-state index is -0.331. The van der Waals surface area contributed by atoms with E-state index in [0.717, 1.165) is 5.56 Å². The molecule has 2 aromatic rings. The van der Waals surface area contributed by atoms with Gasteiger partial charge < -0.3 is 10.1 Å². The first-order valence-corrected chi connectivity index (χ1v) is 6.25. The highest BCUT2D eigenvalue weighted by Crippen LogP contribution is 2.19. The van der Waals surface area contributed by atoms with E-state index in [0.29, 0.717) is 24.2 Å². The molecular weight excluding hydrogens is 255 g/mol. The van der Waals surface area contributed by atoms with E-state index in [2.05, 4.69) is 11.4 Å². The van der Waals surface area contributed by atoms with Crippen molar-refractivity contribution in [3.63, 3.8) is 0 Å². The molecule has 4 heteroatoms. The fourth-order valence-electron chi connectivity index (χ4n) is 1.89. The zero-order chi connectivity index (χ0) is 14.4. The summed E-state index contributed by atoms with van der Waals surface area (Å²) in [6.07, 6.45) is 0. The van der Waals surface area contributed by atoms with Crippen LogP contribution in [0.25, 0.3) is 0 Å². The number of methoxy groups -OCH3 is 1. The van der Waals surface area contributed by atoms with E-state index < -0.39 is 0 Å². The fraction of sp³-hybridized carbons (Fsp3) is 0.188. The van der Waals surface area contributed by atoms with Crippen LogP contribution in [-0.4, -0.2) is 7.11 Å². The monoisotopic (exact) mass is 270 g/mol. The van der Waals surface area contributed by atoms with Crippen LogP contribution >= 0.6 is 0 Å². The van der Waals surface area contributed by atoms with Crippen molar-refractivity contribution in [1.29, 1.82) is 5.26 Å². The van der Waals surface area contributed by atoms with Crippen LogP contribution in [0.15, 0.2) is 42.5 Å². The van der Waals surface area contributed by atoms with E-state index in [4.69, 9.17) is 10.00 Å². The molecule has 20 heavy (non-hydrogen) atoms. The lowest BCUT2D eigenvalue weighted by Gasteiger charge is -2.09. The number of halogens is 1. The van der Waals surface area contributed by atoms with Gasteiger partial charge in [0, 0.05) is 18.7 Å². The summed E-state index contributed by atoms with van der Waals surface area (Å²) >= 11 is 0. The molecule has 1 N–H and O–H groups in total. The van der Waals surface area contributed by atoms with Gasteiger partial charge in [-0.25, -0.2) is 4.39 Å². The molecule has 0 fully saturated rings. The predicted octanol–water partition coefficient (Wildman–Crippen LogP) is 3.00. The number of hydrogen-bond acceptors (Lipinski definition) is 3. The van der Waals surface area contributed by atoms with E-state index in [1.165, 1.54) is 7.11 Å². The third kappa shape index (κ3) is 3.34. The Balaban J connectivity index is 1.94. The first-order valence-electron chi connectivity index (χ1n) is 6.25. The van der Waals surface area contributed by atoms with Crippen molar-refractivity contribution in [1.82, 2.24) is 5.32 Å². The average Bonchev–Trinajstić information content (AvgIpc) is 2.49. The molecule has 0 atom stereocenters. The largest absolute Gasteiger partial charge is 0.494 e. The van der Waals surface area contributed by atoms with Crippen molar-refractivity contribution in [2.75, 3.05) is 7.11 Å². The van der Waals surface area contributed by atoms with E-state index in [9.17, 15) is 4.39 Å². The van der Waals surface area contributed by atoms with Crippen molar-refractivity contribution >= 4 is 0 Å². The lowest BCUT2D eigenvalue weighted by molar-refractivity contribution is 0.383. The first-order chi connectivity index (χ1) is 9.74. The molecule has 0 aliphatic heterocycles. The minimum Gasteiger partial charge on any atom is -0.494 e. The molecule has 0 aromatic heterocycles. The van der Waals surface area contributed by atoms with Crippen LogP contribution in [0.3, 0.4) is 0 Å². The highest BCUT2D eigenvalue weighted by Gasteiger charge is 2.07. The molecule has 0 saturated carbocycles. The second-order valence-corrected chi connectivity index (χ2v) is 4.35. The van der Waals surface area contributed by atoms with Crippen molar-refractivity contribution in [2.24, 2.45) is 0 Å². The van der Waals surface area contributed by atoms with Gasteiger partial charge in [0.05, 0.1) is 18.7 Å². The molecule has 0 heterocycles. The topological polar surface area (TPSA) is 45.0 Å². The van der Waals surface area contributed by atoms with Crippen molar-refractivity contribution in [2.45, 2.75) is 13.1 Å². The van der Waals surface area contributed by atoms with Crippen LogP contribution in [0.5, 0.6) is 5.75 Å². The van der Waals surface area contributed by atoms with Gasteiger partial charge >= 0.3 is 0 Å². The maximum Gasteiger partial charge on any atom is 0.169 e. The standard InChI is InChI=1S/C16H15FN2O/c1-20-15-4-2-3-14(16(15)17)11-19-10-13-7-5-12(9-18)6-8-13/h2-8,19H,10-11H2,1H3. The molecule has 0 unspecified atom stereocenters. The van der Waals surface area contributed by atoms with Gasteiger partial charge in [-0.2, -0.15) is 5.26 Å². The smallest absolute Gasteiger partial charge is 0.169 e. The molecule has 0 radical (unpaired) electrons. The molecule has 0 aliphatic rings. The molecule has 0 amide bonds. The van der Waals surface area contributed by atoms with Crippen LogP contribution in [0.1, 0.15) is 16.7 Å². The lowest BCUT2D eigenvalue weighted by Crippen LogP contribution is -2.14. The van der Waals surface area contributed by atoms with Crippen LogP contribution in [0.4, 0.5) is 4.39 Å². The molecule has 3 nitrogen and oxygen atoms in total. The second-order valence-electron chi connectivity index (χ2n) is 4.35. The number of ether oxygens (including phenoxy) is 1. The predicted molar refractivity (Wildman–Crippen MR) is 74.7 cm³/mol. The molecule has 0 spiro atoms. The maximum atomic E-state index is 13.9. The highest BCUT2D eigenvalue weighted by molar-refractivity contribution is 5.32. The first kappa shape index (κ1) is 14.0. The van der Waals surface area contributed by atoms with Crippen LogP contribution in [0.2, 0.25) is 0 Å². The Kier molecular flexibility index (Phi) is 4.70. The lowest BCUT2D eigenvalue weighted by atomic mass is 10.1. The number of benzene rings is 2. The van der Waals surface area contributed by atoms with Gasteiger partial charge in [-0.15, -0.1) is 0 Å². The van der Waals surface area contributed by atoms with Gasteiger partial charge in [0.15, 0.2) is 11.6 Å². The van der Waals surface area contributed by atoms with Gasteiger partial charge in [-0.1, -0.05) is 24.3 Å². The molecule has 0 aliphatic carbocycles. The number of hydrogen-bond donors (Lipinski definition) is 1. The third-order valence-corrected chi connectivity index (χ3v) is 2.99. The van der Waals surface area contributed by atoms with Crippen molar-refractivity contribution in [3.8, 4) is 11.8 Å². The van der Waals surface area contributed by atoms with Crippen molar-refractivity contribution < 1.29 is 9.13 Å². The van der Waals surface area contributed by atoms with Gasteiger partial charge in [0.2, 0.25) is 0 Å².